The Morgan fingerprint density at radius 3 is 2.85 bits per heavy atom. The lowest BCUT2D eigenvalue weighted by molar-refractivity contribution is -0.100. The summed E-state index contributed by atoms with van der Waals surface area (Å²) in [7, 11) is 0. The number of pyridine rings is 1. The number of ether oxygens (including phenoxy) is 1. The van der Waals surface area contributed by atoms with Gasteiger partial charge in [-0.3, -0.25) is 4.98 Å². The van der Waals surface area contributed by atoms with Crippen molar-refractivity contribution in [1.29, 1.82) is 0 Å². The van der Waals surface area contributed by atoms with E-state index in [2.05, 4.69) is 66.0 Å². The summed E-state index contributed by atoms with van der Waals surface area (Å²) in [5, 5.41) is 5.04. The molecule has 3 aromatic rings. The van der Waals surface area contributed by atoms with Crippen molar-refractivity contribution < 1.29 is 4.74 Å². The lowest BCUT2D eigenvalue weighted by atomic mass is 9.88. The third-order valence-corrected chi connectivity index (χ3v) is 6.28. The number of hydrogen-bond donors (Lipinski definition) is 1. The van der Waals surface area contributed by atoms with Gasteiger partial charge in [0.2, 0.25) is 0 Å². The largest absolute Gasteiger partial charge is 0.366 e. The monoisotopic (exact) mass is 361 g/mol. The molecule has 4 heteroatoms. The summed E-state index contributed by atoms with van der Waals surface area (Å²) in [6, 6.07) is 11.1. The van der Waals surface area contributed by atoms with E-state index in [0.29, 0.717) is 5.92 Å². The van der Waals surface area contributed by atoms with Gasteiger partial charge in [-0.2, -0.15) is 0 Å². The molecule has 2 aromatic heterocycles. The molecule has 3 atom stereocenters. The zero-order chi connectivity index (χ0) is 18.6. The second-order valence-corrected chi connectivity index (χ2v) is 8.43. The zero-order valence-electron chi connectivity index (χ0n) is 16.3. The summed E-state index contributed by atoms with van der Waals surface area (Å²) in [6.07, 6.45) is 4.98. The average Bonchev–Trinajstić information content (AvgIpc) is 2.95. The van der Waals surface area contributed by atoms with Crippen molar-refractivity contribution in [1.82, 2.24) is 14.9 Å². The summed E-state index contributed by atoms with van der Waals surface area (Å²) in [5.74, 6) is 0.499. The summed E-state index contributed by atoms with van der Waals surface area (Å²) in [4.78, 5) is 4.20. The first-order valence-corrected chi connectivity index (χ1v) is 9.96. The highest BCUT2D eigenvalue weighted by Gasteiger charge is 2.38. The molecule has 3 unspecified atom stereocenters. The van der Waals surface area contributed by atoms with E-state index in [-0.39, 0.29) is 11.7 Å². The lowest BCUT2D eigenvalue weighted by Gasteiger charge is -2.40. The molecule has 5 rings (SSSR count). The minimum absolute atomic E-state index is 0.203. The van der Waals surface area contributed by atoms with Crippen molar-refractivity contribution >= 4 is 10.9 Å². The number of aryl methyl sites for hydroxylation is 1. The van der Waals surface area contributed by atoms with Crippen LogP contribution >= 0.6 is 0 Å². The van der Waals surface area contributed by atoms with Crippen molar-refractivity contribution in [2.45, 2.75) is 57.9 Å². The number of aromatic nitrogens is 2. The molecule has 1 aromatic carbocycles. The molecule has 2 aliphatic rings. The van der Waals surface area contributed by atoms with Crippen LogP contribution in [0.2, 0.25) is 0 Å². The molecule has 4 heterocycles. The van der Waals surface area contributed by atoms with Crippen LogP contribution in [-0.2, 0) is 23.4 Å². The minimum Gasteiger partial charge on any atom is -0.366 e. The van der Waals surface area contributed by atoms with Crippen LogP contribution in [0.1, 0.15) is 48.6 Å². The van der Waals surface area contributed by atoms with E-state index in [4.69, 9.17) is 4.74 Å². The van der Waals surface area contributed by atoms with E-state index >= 15 is 0 Å². The second kappa shape index (κ2) is 6.18. The molecular formula is C23H27N3O. The Morgan fingerprint density at radius 2 is 2.04 bits per heavy atom. The van der Waals surface area contributed by atoms with E-state index in [1.807, 2.05) is 12.4 Å². The standard InChI is InChI=1S/C23H27N3O/c1-15-4-5-21-19(10-15)20-13-25-12-17-11-16(2)27-23(3,14-26(21)22(17)20)18-6-8-24-9-7-18/h4-10,16-17,25H,11-14H2,1-3H3. The van der Waals surface area contributed by atoms with Crippen molar-refractivity contribution in [3.05, 3.63) is 65.1 Å². The van der Waals surface area contributed by atoms with E-state index in [0.717, 1.165) is 26.1 Å². The molecule has 0 saturated carbocycles. The first kappa shape index (κ1) is 17.0. The first-order valence-electron chi connectivity index (χ1n) is 9.96. The molecule has 0 amide bonds. The van der Waals surface area contributed by atoms with Gasteiger partial charge in [0.1, 0.15) is 5.60 Å². The van der Waals surface area contributed by atoms with Crippen LogP contribution in [0.4, 0.5) is 0 Å². The number of fused-ring (bicyclic) bond motifs is 3. The highest BCUT2D eigenvalue weighted by atomic mass is 16.5. The molecule has 140 valence electrons. The Balaban J connectivity index is 1.75. The Kier molecular flexibility index (Phi) is 3.88. The SMILES string of the molecule is Cc1ccc2c(c1)c1c3n2CC(C)(c2ccncc2)OC(C)CC3CNC1. The Morgan fingerprint density at radius 1 is 1.22 bits per heavy atom. The van der Waals surface area contributed by atoms with Gasteiger partial charge in [0.15, 0.2) is 0 Å². The summed E-state index contributed by atoms with van der Waals surface area (Å²) >= 11 is 0. The van der Waals surface area contributed by atoms with Crippen molar-refractivity contribution in [3.63, 3.8) is 0 Å². The molecule has 0 fully saturated rings. The van der Waals surface area contributed by atoms with Gasteiger partial charge >= 0.3 is 0 Å². The Labute approximate surface area is 160 Å². The lowest BCUT2D eigenvalue weighted by Crippen LogP contribution is -2.41. The van der Waals surface area contributed by atoms with Crippen molar-refractivity contribution in [3.8, 4) is 0 Å². The highest BCUT2D eigenvalue weighted by Crippen LogP contribution is 2.42. The Bertz CT molecular complexity index is 994. The van der Waals surface area contributed by atoms with Crippen LogP contribution in [0.5, 0.6) is 0 Å². The smallest absolute Gasteiger partial charge is 0.109 e. The van der Waals surface area contributed by atoms with Gasteiger partial charge in [0.25, 0.3) is 0 Å². The van der Waals surface area contributed by atoms with Gasteiger partial charge in [-0.15, -0.1) is 0 Å². The fraction of sp³-hybridized carbons (Fsp3) is 0.435. The second-order valence-electron chi connectivity index (χ2n) is 8.43. The van der Waals surface area contributed by atoms with Crippen LogP contribution in [0.3, 0.4) is 0 Å². The van der Waals surface area contributed by atoms with Crippen LogP contribution in [0, 0.1) is 6.92 Å². The summed E-state index contributed by atoms with van der Waals surface area (Å²) in [5.41, 5.74) is 6.47. The Hall–Kier alpha value is -2.17. The number of nitrogens with zero attached hydrogens (tertiary/aromatic N) is 2. The van der Waals surface area contributed by atoms with Crippen LogP contribution in [0.25, 0.3) is 10.9 Å². The fourth-order valence-electron chi connectivity index (χ4n) is 5.14. The molecule has 1 N–H and O–H groups in total. The summed E-state index contributed by atoms with van der Waals surface area (Å²) < 4.78 is 9.23. The molecular weight excluding hydrogens is 334 g/mol. The molecule has 2 aliphatic heterocycles. The first-order chi connectivity index (χ1) is 13.0. The number of rotatable bonds is 1. The number of hydrogen-bond acceptors (Lipinski definition) is 3. The van der Waals surface area contributed by atoms with Gasteiger partial charge < -0.3 is 14.6 Å². The highest BCUT2D eigenvalue weighted by molar-refractivity contribution is 5.87. The zero-order valence-corrected chi connectivity index (χ0v) is 16.3. The van der Waals surface area contributed by atoms with E-state index < -0.39 is 0 Å². The quantitative estimate of drug-likeness (QED) is 0.704. The van der Waals surface area contributed by atoms with Crippen LogP contribution in [-0.4, -0.2) is 22.2 Å². The molecule has 0 spiro atoms. The number of nitrogens with one attached hydrogen (secondary N) is 1. The predicted molar refractivity (Wildman–Crippen MR) is 108 cm³/mol. The molecule has 4 nitrogen and oxygen atoms in total. The molecule has 27 heavy (non-hydrogen) atoms. The van der Waals surface area contributed by atoms with Gasteiger partial charge in [0.05, 0.1) is 12.6 Å². The van der Waals surface area contributed by atoms with E-state index in [9.17, 15) is 0 Å². The van der Waals surface area contributed by atoms with Gasteiger partial charge in [-0.05, 0) is 62.6 Å². The number of benzene rings is 1. The molecule has 0 aliphatic carbocycles. The topological polar surface area (TPSA) is 39.1 Å². The van der Waals surface area contributed by atoms with E-state index in [1.54, 1.807) is 0 Å². The average molecular weight is 361 g/mol. The minimum atomic E-state index is -0.372. The van der Waals surface area contributed by atoms with E-state index in [1.165, 1.54) is 33.3 Å². The van der Waals surface area contributed by atoms with Gasteiger partial charge in [-0.25, -0.2) is 0 Å². The van der Waals surface area contributed by atoms with Crippen LogP contribution in [0.15, 0.2) is 42.7 Å². The van der Waals surface area contributed by atoms with Gasteiger partial charge in [0, 0.05) is 48.0 Å². The normalized spacial score (nSPS) is 27.8. The predicted octanol–water partition coefficient (Wildman–Crippen LogP) is 4.26. The van der Waals surface area contributed by atoms with Crippen molar-refractivity contribution in [2.75, 3.05) is 6.54 Å². The van der Waals surface area contributed by atoms with Crippen molar-refractivity contribution in [2.24, 2.45) is 0 Å². The maximum atomic E-state index is 6.68. The molecule has 0 radical (unpaired) electrons. The fourth-order valence-corrected chi connectivity index (χ4v) is 5.14. The molecule has 0 saturated heterocycles. The van der Waals surface area contributed by atoms with Crippen LogP contribution < -0.4 is 5.32 Å². The maximum absolute atomic E-state index is 6.68. The van der Waals surface area contributed by atoms with Gasteiger partial charge in [-0.1, -0.05) is 11.6 Å². The third kappa shape index (κ3) is 2.70. The maximum Gasteiger partial charge on any atom is 0.109 e. The summed E-state index contributed by atoms with van der Waals surface area (Å²) in [6.45, 7) is 9.44. The molecule has 0 bridgehead atoms. The third-order valence-electron chi connectivity index (χ3n) is 6.28.